The van der Waals surface area contributed by atoms with Crippen LogP contribution >= 0.6 is 11.6 Å². The monoisotopic (exact) mass is 315 g/mol. The molecule has 0 aromatic carbocycles. The number of halogens is 1. The Bertz CT molecular complexity index is 723. The summed E-state index contributed by atoms with van der Waals surface area (Å²) in [6.45, 7) is 1.62. The minimum absolute atomic E-state index is 0.0197. The Balaban J connectivity index is 1.90. The fourth-order valence-electron chi connectivity index (χ4n) is 2.23. The van der Waals surface area contributed by atoms with Crippen LogP contribution in [-0.4, -0.2) is 37.6 Å². The molecule has 3 rings (SSSR count). The van der Waals surface area contributed by atoms with Crippen LogP contribution in [0.5, 0.6) is 0 Å². The molecule has 0 saturated carbocycles. The number of hydrogen-bond donors (Lipinski definition) is 1. The topological polar surface area (TPSA) is 72.7 Å². The highest BCUT2D eigenvalue weighted by atomic mass is 35.5. The number of ether oxygens (including phenoxy) is 1. The second kappa shape index (κ2) is 5.33. The third-order valence-corrected chi connectivity index (χ3v) is 5.11. The smallest absolute Gasteiger partial charge is 0.259 e. The Morgan fingerprint density at radius 2 is 2.35 bits per heavy atom. The van der Waals surface area contributed by atoms with Gasteiger partial charge in [0.2, 0.25) is 0 Å². The van der Waals surface area contributed by atoms with E-state index in [0.29, 0.717) is 25.4 Å². The second-order valence-corrected chi connectivity index (χ2v) is 6.76. The van der Waals surface area contributed by atoms with E-state index < -0.39 is 10.0 Å². The third kappa shape index (κ3) is 2.54. The van der Waals surface area contributed by atoms with Crippen LogP contribution in [0, 0.1) is 5.92 Å². The van der Waals surface area contributed by atoms with E-state index in [4.69, 9.17) is 16.3 Å². The fraction of sp³-hybridized carbons (Fsp3) is 0.417. The summed E-state index contributed by atoms with van der Waals surface area (Å²) >= 11 is 5.97. The maximum Gasteiger partial charge on any atom is 0.259 e. The van der Waals surface area contributed by atoms with Crippen LogP contribution in [0.1, 0.15) is 6.42 Å². The number of nitrogens with zero attached hydrogens (tertiary/aromatic N) is 2. The molecule has 1 aliphatic rings. The van der Waals surface area contributed by atoms with Gasteiger partial charge in [-0.2, -0.15) is 0 Å². The standard InChI is InChI=1S/C12H14ClN3O3S/c13-11-12(16-5-2-1-3-10(16)15-11)20(17,18)14-7-9-4-6-19-8-9/h1-3,5,9,14H,4,6-8H2. The van der Waals surface area contributed by atoms with E-state index in [-0.39, 0.29) is 16.1 Å². The van der Waals surface area contributed by atoms with E-state index in [1.807, 2.05) is 0 Å². The van der Waals surface area contributed by atoms with Gasteiger partial charge in [0.05, 0.1) is 6.61 Å². The lowest BCUT2D eigenvalue weighted by atomic mass is 10.1. The van der Waals surface area contributed by atoms with Gasteiger partial charge in [0.1, 0.15) is 5.65 Å². The van der Waals surface area contributed by atoms with E-state index in [0.717, 1.165) is 6.42 Å². The van der Waals surface area contributed by atoms with Crippen molar-refractivity contribution in [3.63, 3.8) is 0 Å². The molecular weight excluding hydrogens is 302 g/mol. The number of sulfonamides is 1. The highest BCUT2D eigenvalue weighted by molar-refractivity contribution is 7.89. The summed E-state index contributed by atoms with van der Waals surface area (Å²) < 4.78 is 34.1. The molecule has 2 aromatic heterocycles. The van der Waals surface area contributed by atoms with Gasteiger partial charge in [-0.1, -0.05) is 17.7 Å². The van der Waals surface area contributed by atoms with Crippen molar-refractivity contribution in [3.05, 3.63) is 29.5 Å². The summed E-state index contributed by atoms with van der Waals surface area (Å²) in [4.78, 5) is 4.04. The van der Waals surface area contributed by atoms with Crippen molar-refractivity contribution < 1.29 is 13.2 Å². The molecular formula is C12H14ClN3O3S. The maximum atomic E-state index is 12.4. The van der Waals surface area contributed by atoms with Crippen LogP contribution < -0.4 is 4.72 Å². The average molecular weight is 316 g/mol. The molecule has 1 fully saturated rings. The number of imidazole rings is 1. The Labute approximate surface area is 121 Å². The highest BCUT2D eigenvalue weighted by Gasteiger charge is 2.26. The van der Waals surface area contributed by atoms with Crippen molar-refractivity contribution in [1.29, 1.82) is 0 Å². The molecule has 1 saturated heterocycles. The second-order valence-electron chi connectivity index (χ2n) is 4.72. The molecule has 0 spiro atoms. The SMILES string of the molecule is O=S(=O)(NCC1CCOC1)c1c(Cl)nc2ccccn12. The lowest BCUT2D eigenvalue weighted by molar-refractivity contribution is 0.186. The zero-order valence-corrected chi connectivity index (χ0v) is 12.2. The molecule has 0 radical (unpaired) electrons. The lowest BCUT2D eigenvalue weighted by Crippen LogP contribution is -2.30. The van der Waals surface area contributed by atoms with Crippen LogP contribution in [0.25, 0.3) is 5.65 Å². The van der Waals surface area contributed by atoms with Crippen molar-refractivity contribution in [3.8, 4) is 0 Å². The van der Waals surface area contributed by atoms with Gasteiger partial charge in [-0.3, -0.25) is 4.40 Å². The molecule has 108 valence electrons. The fourth-order valence-corrected chi connectivity index (χ4v) is 3.98. The highest BCUT2D eigenvalue weighted by Crippen LogP contribution is 2.22. The first-order valence-electron chi connectivity index (χ1n) is 6.28. The first kappa shape index (κ1) is 13.8. The van der Waals surface area contributed by atoms with Gasteiger partial charge >= 0.3 is 0 Å². The third-order valence-electron chi connectivity index (χ3n) is 3.29. The molecule has 2 aromatic rings. The van der Waals surface area contributed by atoms with Crippen molar-refractivity contribution >= 4 is 27.3 Å². The van der Waals surface area contributed by atoms with Crippen LogP contribution in [0.4, 0.5) is 0 Å². The summed E-state index contributed by atoms with van der Waals surface area (Å²) in [6, 6.07) is 5.21. The molecule has 1 atom stereocenters. The molecule has 1 unspecified atom stereocenters. The van der Waals surface area contributed by atoms with Gasteiger partial charge in [-0.15, -0.1) is 0 Å². The molecule has 20 heavy (non-hydrogen) atoms. The average Bonchev–Trinajstić information content (AvgIpc) is 3.02. The number of aromatic nitrogens is 2. The van der Waals surface area contributed by atoms with Crippen LogP contribution in [0.15, 0.2) is 29.4 Å². The van der Waals surface area contributed by atoms with Crippen LogP contribution in [0.3, 0.4) is 0 Å². The van der Waals surface area contributed by atoms with Crippen molar-refractivity contribution in [2.24, 2.45) is 5.92 Å². The van der Waals surface area contributed by atoms with Gasteiger partial charge in [-0.05, 0) is 24.5 Å². The Morgan fingerprint density at radius 3 is 3.10 bits per heavy atom. The molecule has 6 nitrogen and oxygen atoms in total. The summed E-state index contributed by atoms with van der Waals surface area (Å²) in [7, 11) is -3.70. The summed E-state index contributed by atoms with van der Waals surface area (Å²) in [6.07, 6.45) is 2.49. The summed E-state index contributed by atoms with van der Waals surface area (Å²) in [5.41, 5.74) is 0.502. The van der Waals surface area contributed by atoms with E-state index in [1.54, 1.807) is 24.4 Å². The molecule has 8 heteroatoms. The van der Waals surface area contributed by atoms with Gasteiger partial charge in [0.15, 0.2) is 10.2 Å². The number of pyridine rings is 1. The number of hydrogen-bond acceptors (Lipinski definition) is 4. The molecule has 3 heterocycles. The first-order chi connectivity index (χ1) is 9.58. The van der Waals surface area contributed by atoms with Gasteiger partial charge < -0.3 is 4.74 Å². The molecule has 0 aliphatic carbocycles. The quantitative estimate of drug-likeness (QED) is 0.923. The van der Waals surface area contributed by atoms with Gasteiger partial charge in [-0.25, -0.2) is 18.1 Å². The van der Waals surface area contributed by atoms with Crippen molar-refractivity contribution in [2.45, 2.75) is 11.4 Å². The minimum Gasteiger partial charge on any atom is -0.381 e. The van der Waals surface area contributed by atoms with E-state index >= 15 is 0 Å². The minimum atomic E-state index is -3.70. The number of fused-ring (bicyclic) bond motifs is 1. The van der Waals surface area contributed by atoms with Crippen LogP contribution in [-0.2, 0) is 14.8 Å². The molecule has 1 aliphatic heterocycles. The van der Waals surface area contributed by atoms with Gasteiger partial charge in [0.25, 0.3) is 10.0 Å². The van der Waals surface area contributed by atoms with Gasteiger partial charge in [0, 0.05) is 19.3 Å². The normalized spacial score (nSPS) is 19.8. The first-order valence-corrected chi connectivity index (χ1v) is 8.14. The van der Waals surface area contributed by atoms with E-state index in [9.17, 15) is 8.42 Å². The van der Waals surface area contributed by atoms with Crippen LogP contribution in [0.2, 0.25) is 5.15 Å². The Morgan fingerprint density at radius 1 is 1.50 bits per heavy atom. The summed E-state index contributed by atoms with van der Waals surface area (Å²) in [5, 5.41) is -0.0416. The molecule has 0 amide bonds. The van der Waals surface area contributed by atoms with Crippen molar-refractivity contribution in [2.75, 3.05) is 19.8 Å². The Kier molecular flexibility index (Phi) is 3.68. The number of rotatable bonds is 4. The Hall–Kier alpha value is -1.15. The number of nitrogens with one attached hydrogen (secondary N) is 1. The largest absolute Gasteiger partial charge is 0.381 e. The predicted molar refractivity (Wildman–Crippen MR) is 74.3 cm³/mol. The molecule has 0 bridgehead atoms. The molecule has 1 N–H and O–H groups in total. The maximum absolute atomic E-state index is 12.4. The predicted octanol–water partition coefficient (Wildman–Crippen LogP) is 1.30. The zero-order valence-electron chi connectivity index (χ0n) is 10.6. The zero-order chi connectivity index (χ0) is 14.2. The summed E-state index contributed by atoms with van der Waals surface area (Å²) in [5.74, 6) is 0.211. The van der Waals surface area contributed by atoms with E-state index in [2.05, 4.69) is 9.71 Å². The van der Waals surface area contributed by atoms with Crippen molar-refractivity contribution in [1.82, 2.24) is 14.1 Å². The lowest BCUT2D eigenvalue weighted by Gasteiger charge is -2.10. The van der Waals surface area contributed by atoms with E-state index in [1.165, 1.54) is 4.40 Å².